The maximum atomic E-state index is 10.8. The highest BCUT2D eigenvalue weighted by Gasteiger charge is 2.08. The first-order valence-corrected chi connectivity index (χ1v) is 6.49. The Labute approximate surface area is 84.2 Å². The Bertz CT molecular complexity index is 355. The van der Waals surface area contributed by atoms with Crippen molar-refractivity contribution in [1.82, 2.24) is 5.32 Å². The maximum absolute atomic E-state index is 10.8. The van der Waals surface area contributed by atoms with Gasteiger partial charge in [0.25, 0.3) is 0 Å². The van der Waals surface area contributed by atoms with E-state index in [1.54, 1.807) is 6.26 Å². The lowest BCUT2D eigenvalue weighted by atomic mass is 10.2. The Balaban J connectivity index is 2.33. The van der Waals surface area contributed by atoms with Crippen LogP contribution < -0.4 is 5.32 Å². The first-order chi connectivity index (χ1) is 6.49. The van der Waals surface area contributed by atoms with Crippen molar-refractivity contribution in [2.24, 2.45) is 0 Å². The average Bonchev–Trinajstić information content (AvgIpc) is 2.53. The fraction of sp³-hybridized carbons (Fsp3) is 0.556. The number of hydrogen-bond acceptors (Lipinski definition) is 4. The van der Waals surface area contributed by atoms with Crippen molar-refractivity contribution in [2.75, 3.05) is 18.6 Å². The lowest BCUT2D eigenvalue weighted by Gasteiger charge is -2.09. The van der Waals surface area contributed by atoms with Gasteiger partial charge in [-0.3, -0.25) is 0 Å². The molecule has 0 aliphatic heterocycles. The van der Waals surface area contributed by atoms with Crippen molar-refractivity contribution >= 4 is 9.84 Å². The molecule has 1 heterocycles. The summed E-state index contributed by atoms with van der Waals surface area (Å²) < 4.78 is 26.8. The number of furan rings is 1. The van der Waals surface area contributed by atoms with E-state index in [1.807, 2.05) is 19.1 Å². The first kappa shape index (κ1) is 11.3. The van der Waals surface area contributed by atoms with Crippen LogP contribution in [0.15, 0.2) is 22.8 Å². The van der Waals surface area contributed by atoms with E-state index in [1.165, 1.54) is 6.26 Å². The standard InChI is InChI=1S/C9H15NO3S/c1-8(9-4-3-6-13-9)10-5-7-14(2,11)12/h3-4,6,8,10H,5,7H2,1-2H3/t8-/m0/s1. The molecule has 0 fully saturated rings. The van der Waals surface area contributed by atoms with Crippen molar-refractivity contribution < 1.29 is 12.8 Å². The van der Waals surface area contributed by atoms with Crippen molar-refractivity contribution in [3.63, 3.8) is 0 Å². The first-order valence-electron chi connectivity index (χ1n) is 4.43. The summed E-state index contributed by atoms with van der Waals surface area (Å²) in [5.74, 6) is 0.969. The summed E-state index contributed by atoms with van der Waals surface area (Å²) in [6.07, 6.45) is 2.83. The minimum Gasteiger partial charge on any atom is -0.468 e. The largest absolute Gasteiger partial charge is 0.468 e. The Hall–Kier alpha value is -0.810. The third-order valence-electron chi connectivity index (χ3n) is 1.89. The molecule has 0 radical (unpaired) electrons. The topological polar surface area (TPSA) is 59.3 Å². The van der Waals surface area contributed by atoms with E-state index in [0.29, 0.717) is 6.54 Å². The smallest absolute Gasteiger partial charge is 0.148 e. The lowest BCUT2D eigenvalue weighted by molar-refractivity contribution is 0.437. The Morgan fingerprint density at radius 1 is 1.57 bits per heavy atom. The van der Waals surface area contributed by atoms with Gasteiger partial charge in [-0.15, -0.1) is 0 Å². The van der Waals surface area contributed by atoms with Crippen molar-refractivity contribution in [3.8, 4) is 0 Å². The Morgan fingerprint density at radius 3 is 2.79 bits per heavy atom. The lowest BCUT2D eigenvalue weighted by Crippen LogP contribution is -2.24. The van der Waals surface area contributed by atoms with E-state index in [-0.39, 0.29) is 11.8 Å². The van der Waals surface area contributed by atoms with E-state index in [9.17, 15) is 8.42 Å². The predicted molar refractivity (Wildman–Crippen MR) is 54.8 cm³/mol. The van der Waals surface area contributed by atoms with Gasteiger partial charge in [0.1, 0.15) is 15.6 Å². The molecule has 0 saturated heterocycles. The zero-order chi connectivity index (χ0) is 10.6. The monoisotopic (exact) mass is 217 g/mol. The molecule has 4 nitrogen and oxygen atoms in total. The molecular weight excluding hydrogens is 202 g/mol. The van der Waals surface area contributed by atoms with E-state index in [0.717, 1.165) is 5.76 Å². The highest BCUT2D eigenvalue weighted by atomic mass is 32.2. The Kier molecular flexibility index (Phi) is 3.71. The zero-order valence-corrected chi connectivity index (χ0v) is 9.17. The van der Waals surface area contributed by atoms with E-state index in [2.05, 4.69) is 5.32 Å². The maximum Gasteiger partial charge on any atom is 0.148 e. The molecule has 1 aromatic rings. The summed E-state index contributed by atoms with van der Waals surface area (Å²) in [7, 11) is -2.88. The summed E-state index contributed by atoms with van der Waals surface area (Å²) in [5, 5.41) is 3.07. The second-order valence-corrected chi connectivity index (χ2v) is 5.58. The fourth-order valence-corrected chi connectivity index (χ4v) is 1.59. The van der Waals surface area contributed by atoms with Gasteiger partial charge < -0.3 is 9.73 Å². The molecule has 1 atom stereocenters. The zero-order valence-electron chi connectivity index (χ0n) is 8.36. The van der Waals surface area contributed by atoms with Crippen LogP contribution in [0.4, 0.5) is 0 Å². The van der Waals surface area contributed by atoms with Gasteiger partial charge in [0, 0.05) is 12.8 Å². The highest BCUT2D eigenvalue weighted by Crippen LogP contribution is 2.11. The minimum atomic E-state index is -2.88. The molecular formula is C9H15NO3S. The molecule has 0 aromatic carbocycles. The molecule has 0 unspecified atom stereocenters. The molecule has 0 saturated carbocycles. The van der Waals surface area contributed by atoms with Crippen LogP contribution in [0.1, 0.15) is 18.7 Å². The number of rotatable bonds is 5. The Morgan fingerprint density at radius 2 is 2.29 bits per heavy atom. The molecule has 0 spiro atoms. The third-order valence-corrected chi connectivity index (χ3v) is 2.84. The number of nitrogens with one attached hydrogen (secondary N) is 1. The van der Waals surface area contributed by atoms with Gasteiger partial charge in [-0.25, -0.2) is 8.42 Å². The van der Waals surface area contributed by atoms with Crippen LogP contribution in [0, 0.1) is 0 Å². The van der Waals surface area contributed by atoms with Crippen LogP contribution in [-0.4, -0.2) is 27.0 Å². The van der Waals surface area contributed by atoms with Gasteiger partial charge in [0.05, 0.1) is 18.1 Å². The second-order valence-electron chi connectivity index (χ2n) is 3.32. The molecule has 80 valence electrons. The molecule has 1 N–H and O–H groups in total. The SMILES string of the molecule is C[C@H](NCCS(C)(=O)=O)c1ccco1. The summed E-state index contributed by atoms with van der Waals surface area (Å²) >= 11 is 0. The van der Waals surface area contributed by atoms with Crippen molar-refractivity contribution in [1.29, 1.82) is 0 Å². The van der Waals surface area contributed by atoms with Gasteiger partial charge in [0.15, 0.2) is 0 Å². The molecule has 0 bridgehead atoms. The van der Waals surface area contributed by atoms with Gasteiger partial charge in [-0.1, -0.05) is 0 Å². The van der Waals surface area contributed by atoms with Gasteiger partial charge in [-0.05, 0) is 19.1 Å². The number of sulfone groups is 1. The summed E-state index contributed by atoms with van der Waals surface area (Å²) in [4.78, 5) is 0. The average molecular weight is 217 g/mol. The molecule has 1 rings (SSSR count). The highest BCUT2D eigenvalue weighted by molar-refractivity contribution is 7.90. The van der Waals surface area contributed by atoms with Gasteiger partial charge in [-0.2, -0.15) is 0 Å². The summed E-state index contributed by atoms with van der Waals surface area (Å²) in [6, 6.07) is 3.72. The molecule has 0 aliphatic rings. The van der Waals surface area contributed by atoms with E-state index in [4.69, 9.17) is 4.42 Å². The van der Waals surface area contributed by atoms with Crippen molar-refractivity contribution in [3.05, 3.63) is 24.2 Å². The van der Waals surface area contributed by atoms with Crippen molar-refractivity contribution in [2.45, 2.75) is 13.0 Å². The summed E-state index contributed by atoms with van der Waals surface area (Å²) in [6.45, 7) is 2.38. The molecule has 14 heavy (non-hydrogen) atoms. The van der Waals surface area contributed by atoms with E-state index < -0.39 is 9.84 Å². The predicted octanol–water partition coefficient (Wildman–Crippen LogP) is 0.975. The van der Waals surface area contributed by atoms with Gasteiger partial charge in [0.2, 0.25) is 0 Å². The minimum absolute atomic E-state index is 0.0479. The van der Waals surface area contributed by atoms with Crippen LogP contribution >= 0.6 is 0 Å². The fourth-order valence-electron chi connectivity index (χ4n) is 1.10. The molecule has 0 amide bonds. The van der Waals surface area contributed by atoms with Crippen LogP contribution in [0.25, 0.3) is 0 Å². The molecule has 0 aliphatic carbocycles. The van der Waals surface area contributed by atoms with Crippen LogP contribution in [-0.2, 0) is 9.84 Å². The van der Waals surface area contributed by atoms with E-state index >= 15 is 0 Å². The van der Waals surface area contributed by atoms with Gasteiger partial charge >= 0.3 is 0 Å². The van der Waals surface area contributed by atoms with Crippen LogP contribution in [0.2, 0.25) is 0 Å². The molecule has 1 aromatic heterocycles. The van der Waals surface area contributed by atoms with Crippen LogP contribution in [0.3, 0.4) is 0 Å². The normalized spacial score (nSPS) is 14.1. The van der Waals surface area contributed by atoms with Crippen LogP contribution in [0.5, 0.6) is 0 Å². The second kappa shape index (κ2) is 4.61. The third kappa shape index (κ3) is 3.93. The molecule has 5 heteroatoms. The quantitative estimate of drug-likeness (QED) is 0.798. The summed E-state index contributed by atoms with van der Waals surface area (Å²) in [5.41, 5.74) is 0. The number of hydrogen-bond donors (Lipinski definition) is 1.